The van der Waals surface area contributed by atoms with E-state index in [0.717, 1.165) is 6.07 Å². The summed E-state index contributed by atoms with van der Waals surface area (Å²) >= 11 is 0. The van der Waals surface area contributed by atoms with Crippen LogP contribution in [0, 0.1) is 5.82 Å². The van der Waals surface area contributed by atoms with E-state index in [4.69, 9.17) is 0 Å². The molecule has 0 fully saturated rings. The van der Waals surface area contributed by atoms with Gasteiger partial charge < -0.3 is 4.98 Å². The highest BCUT2D eigenvalue weighted by atomic mass is 19.4. The Hall–Kier alpha value is -1.85. The van der Waals surface area contributed by atoms with Gasteiger partial charge in [0.05, 0.1) is 6.42 Å². The number of ketones is 1. The predicted molar refractivity (Wildman–Crippen MR) is 57.9 cm³/mol. The van der Waals surface area contributed by atoms with Gasteiger partial charge >= 0.3 is 6.18 Å². The van der Waals surface area contributed by atoms with Crippen LogP contribution in [0.3, 0.4) is 0 Å². The van der Waals surface area contributed by atoms with Gasteiger partial charge in [-0.15, -0.1) is 0 Å². The van der Waals surface area contributed by atoms with Crippen molar-refractivity contribution in [3.05, 3.63) is 35.8 Å². The number of carbonyl (C=O) groups is 1. The van der Waals surface area contributed by atoms with Gasteiger partial charge in [0.25, 0.3) is 0 Å². The number of nitrogens with one attached hydrogen (secondary N) is 1. The molecule has 2 aromatic rings. The average molecular weight is 259 g/mol. The Labute approximate surface area is 99.6 Å². The van der Waals surface area contributed by atoms with Crippen LogP contribution in [0.5, 0.6) is 0 Å². The van der Waals surface area contributed by atoms with E-state index < -0.39 is 30.6 Å². The van der Waals surface area contributed by atoms with E-state index in [1.165, 1.54) is 18.3 Å². The van der Waals surface area contributed by atoms with Crippen molar-refractivity contribution in [3.8, 4) is 0 Å². The molecule has 2 nitrogen and oxygen atoms in total. The van der Waals surface area contributed by atoms with Gasteiger partial charge in [0, 0.05) is 29.1 Å². The van der Waals surface area contributed by atoms with E-state index in [2.05, 4.69) is 4.98 Å². The molecule has 1 aromatic carbocycles. The van der Waals surface area contributed by atoms with Crippen LogP contribution >= 0.6 is 0 Å². The van der Waals surface area contributed by atoms with Crippen molar-refractivity contribution >= 4 is 16.7 Å². The van der Waals surface area contributed by atoms with Crippen molar-refractivity contribution in [2.24, 2.45) is 0 Å². The van der Waals surface area contributed by atoms with Crippen LogP contribution in [-0.2, 0) is 0 Å². The second kappa shape index (κ2) is 4.44. The maximum absolute atomic E-state index is 13.0. The van der Waals surface area contributed by atoms with Crippen molar-refractivity contribution in [1.29, 1.82) is 0 Å². The van der Waals surface area contributed by atoms with Crippen molar-refractivity contribution in [2.45, 2.75) is 19.0 Å². The zero-order valence-electron chi connectivity index (χ0n) is 9.14. The molecule has 1 N–H and O–H groups in total. The molecule has 0 unspecified atom stereocenters. The Morgan fingerprint density at radius 1 is 1.28 bits per heavy atom. The number of halogens is 4. The molecule has 0 spiro atoms. The number of alkyl halides is 3. The zero-order chi connectivity index (χ0) is 13.3. The highest BCUT2D eigenvalue weighted by Crippen LogP contribution is 2.25. The number of H-pyrrole nitrogens is 1. The first kappa shape index (κ1) is 12.6. The molecule has 0 saturated heterocycles. The third-order valence-electron chi connectivity index (χ3n) is 2.58. The summed E-state index contributed by atoms with van der Waals surface area (Å²) in [6.45, 7) is 0. The van der Waals surface area contributed by atoms with Crippen LogP contribution in [0.2, 0.25) is 0 Å². The van der Waals surface area contributed by atoms with Crippen LogP contribution in [0.4, 0.5) is 17.6 Å². The fourth-order valence-electron chi connectivity index (χ4n) is 1.71. The molecule has 0 aliphatic heterocycles. The second-order valence-corrected chi connectivity index (χ2v) is 3.93. The Morgan fingerprint density at radius 2 is 2.00 bits per heavy atom. The molecule has 6 heteroatoms. The third kappa shape index (κ3) is 2.69. The lowest BCUT2D eigenvalue weighted by Gasteiger charge is -2.04. The monoisotopic (exact) mass is 259 g/mol. The summed E-state index contributed by atoms with van der Waals surface area (Å²) < 4.78 is 49.1. The molecule has 96 valence electrons. The first-order valence-electron chi connectivity index (χ1n) is 5.23. The number of carbonyl (C=O) groups excluding carboxylic acids is 1. The third-order valence-corrected chi connectivity index (χ3v) is 2.58. The second-order valence-electron chi connectivity index (χ2n) is 3.93. The van der Waals surface area contributed by atoms with Gasteiger partial charge in [0.2, 0.25) is 0 Å². The average Bonchev–Trinajstić information content (AvgIpc) is 2.67. The van der Waals surface area contributed by atoms with Gasteiger partial charge in [-0.25, -0.2) is 4.39 Å². The zero-order valence-corrected chi connectivity index (χ0v) is 9.14. The van der Waals surface area contributed by atoms with Crippen LogP contribution in [-0.4, -0.2) is 16.9 Å². The molecule has 0 bridgehead atoms. The lowest BCUT2D eigenvalue weighted by Crippen LogP contribution is -2.10. The Kier molecular flexibility index (Phi) is 3.11. The summed E-state index contributed by atoms with van der Waals surface area (Å²) in [5, 5.41) is 0.308. The molecule has 0 amide bonds. The number of benzene rings is 1. The number of hydrogen-bond donors (Lipinski definition) is 1. The van der Waals surface area contributed by atoms with Gasteiger partial charge in [0.15, 0.2) is 5.78 Å². The maximum atomic E-state index is 13.0. The maximum Gasteiger partial charge on any atom is 0.389 e. The lowest BCUT2D eigenvalue weighted by atomic mass is 10.1. The molecule has 1 heterocycles. The SMILES string of the molecule is O=C(CCC(F)(F)F)c1c[nH]c2ccc(F)cc12. The van der Waals surface area contributed by atoms with E-state index in [0.29, 0.717) is 10.9 Å². The molecule has 2 rings (SSSR count). The quantitative estimate of drug-likeness (QED) is 0.659. The summed E-state index contributed by atoms with van der Waals surface area (Å²) in [6, 6.07) is 3.78. The molecule has 0 radical (unpaired) electrons. The fourth-order valence-corrected chi connectivity index (χ4v) is 1.71. The molecule has 0 saturated carbocycles. The summed E-state index contributed by atoms with van der Waals surface area (Å²) in [5.41, 5.74) is 0.612. The first-order chi connectivity index (χ1) is 8.37. The Balaban J connectivity index is 2.25. The summed E-state index contributed by atoms with van der Waals surface area (Å²) in [7, 11) is 0. The van der Waals surface area contributed by atoms with Gasteiger partial charge in [-0.05, 0) is 18.2 Å². The van der Waals surface area contributed by atoms with E-state index in [-0.39, 0.29) is 5.56 Å². The van der Waals surface area contributed by atoms with Gasteiger partial charge in [0.1, 0.15) is 5.82 Å². The normalized spacial score (nSPS) is 12.0. The van der Waals surface area contributed by atoms with Gasteiger partial charge in [-0.1, -0.05) is 0 Å². The van der Waals surface area contributed by atoms with Crippen molar-refractivity contribution in [1.82, 2.24) is 4.98 Å². The number of rotatable bonds is 3. The Bertz CT molecular complexity index is 585. The lowest BCUT2D eigenvalue weighted by molar-refractivity contribution is -0.133. The largest absolute Gasteiger partial charge is 0.389 e. The highest BCUT2D eigenvalue weighted by molar-refractivity contribution is 6.07. The highest BCUT2D eigenvalue weighted by Gasteiger charge is 2.28. The summed E-state index contributed by atoms with van der Waals surface area (Å²) in [5.74, 6) is -1.18. The summed E-state index contributed by atoms with van der Waals surface area (Å²) in [4.78, 5) is 14.4. The Morgan fingerprint density at radius 3 is 2.67 bits per heavy atom. The molecule has 1 aromatic heterocycles. The van der Waals surface area contributed by atoms with E-state index in [1.54, 1.807) is 0 Å². The molecule has 0 aliphatic rings. The van der Waals surface area contributed by atoms with Crippen molar-refractivity contribution < 1.29 is 22.4 Å². The molecular formula is C12H9F4NO. The summed E-state index contributed by atoms with van der Waals surface area (Å²) in [6.07, 6.45) is -4.86. The minimum Gasteiger partial charge on any atom is -0.360 e. The molecule has 0 aliphatic carbocycles. The van der Waals surface area contributed by atoms with Crippen LogP contribution in [0.15, 0.2) is 24.4 Å². The van der Waals surface area contributed by atoms with Gasteiger partial charge in [-0.3, -0.25) is 4.79 Å². The number of aromatic amines is 1. The van der Waals surface area contributed by atoms with Crippen molar-refractivity contribution in [2.75, 3.05) is 0 Å². The minimum absolute atomic E-state index is 0.0914. The van der Waals surface area contributed by atoms with E-state index in [1.807, 2.05) is 0 Å². The van der Waals surface area contributed by atoms with E-state index >= 15 is 0 Å². The standard InChI is InChI=1S/C12H9F4NO/c13-7-1-2-10-8(5-7)9(6-17-10)11(18)3-4-12(14,15)16/h1-2,5-6,17H,3-4H2. The molecule has 0 atom stereocenters. The van der Waals surface area contributed by atoms with Crippen molar-refractivity contribution in [3.63, 3.8) is 0 Å². The van der Waals surface area contributed by atoms with Crippen LogP contribution in [0.1, 0.15) is 23.2 Å². The predicted octanol–water partition coefficient (Wildman–Crippen LogP) is 3.83. The first-order valence-corrected chi connectivity index (χ1v) is 5.23. The molecule has 18 heavy (non-hydrogen) atoms. The smallest absolute Gasteiger partial charge is 0.360 e. The van der Waals surface area contributed by atoms with E-state index in [9.17, 15) is 22.4 Å². The van der Waals surface area contributed by atoms with Crippen LogP contribution in [0.25, 0.3) is 10.9 Å². The number of Topliss-reactive ketones (excluding diaryl/α,β-unsaturated/α-hetero) is 1. The number of fused-ring (bicyclic) bond motifs is 1. The number of aromatic nitrogens is 1. The van der Waals surface area contributed by atoms with Crippen LogP contribution < -0.4 is 0 Å². The molecular weight excluding hydrogens is 250 g/mol. The number of hydrogen-bond acceptors (Lipinski definition) is 1. The minimum atomic E-state index is -4.37. The topological polar surface area (TPSA) is 32.9 Å². The van der Waals surface area contributed by atoms with Gasteiger partial charge in [-0.2, -0.15) is 13.2 Å². The fraction of sp³-hybridized carbons (Fsp3) is 0.250.